The van der Waals surface area contributed by atoms with Gasteiger partial charge < -0.3 is 9.73 Å². The second-order valence-corrected chi connectivity index (χ2v) is 7.20. The third-order valence-corrected chi connectivity index (χ3v) is 4.68. The topological polar surface area (TPSA) is 28.4 Å². The van der Waals surface area contributed by atoms with Gasteiger partial charge >= 0.3 is 0 Å². The molecular weight excluding hydrogens is 260 g/mol. The van der Waals surface area contributed by atoms with Crippen molar-refractivity contribution >= 4 is 0 Å². The first-order chi connectivity index (χ1) is 9.95. The van der Waals surface area contributed by atoms with E-state index in [9.17, 15) is 0 Å². The van der Waals surface area contributed by atoms with Gasteiger partial charge in [-0.2, -0.15) is 0 Å². The monoisotopic (exact) mass is 292 g/mol. The molecule has 120 valence electrons. The smallest absolute Gasteiger partial charge is 0.120 e. The molecule has 3 heteroatoms. The molecule has 2 rings (SSSR count). The van der Waals surface area contributed by atoms with Crippen molar-refractivity contribution in [3.05, 3.63) is 23.2 Å². The van der Waals surface area contributed by atoms with Crippen LogP contribution in [-0.2, 0) is 13.1 Å². The molecule has 0 aromatic carbocycles. The summed E-state index contributed by atoms with van der Waals surface area (Å²) in [6, 6.07) is 3.42. The quantitative estimate of drug-likeness (QED) is 0.856. The number of aryl methyl sites for hydroxylation is 1. The van der Waals surface area contributed by atoms with Crippen LogP contribution < -0.4 is 5.32 Å². The van der Waals surface area contributed by atoms with Crippen LogP contribution in [0.4, 0.5) is 0 Å². The molecule has 1 saturated carbocycles. The summed E-state index contributed by atoms with van der Waals surface area (Å²) in [5.74, 6) is 3.06. The van der Waals surface area contributed by atoms with Crippen molar-refractivity contribution in [3.63, 3.8) is 0 Å². The highest BCUT2D eigenvalue weighted by molar-refractivity contribution is 5.20. The molecule has 0 radical (unpaired) electrons. The van der Waals surface area contributed by atoms with Crippen LogP contribution in [0, 0.1) is 12.8 Å². The minimum absolute atomic E-state index is 0.490. The molecule has 1 aliphatic rings. The largest absolute Gasteiger partial charge is 0.463 e. The Morgan fingerprint density at radius 3 is 2.81 bits per heavy atom. The van der Waals surface area contributed by atoms with E-state index in [-0.39, 0.29) is 0 Å². The van der Waals surface area contributed by atoms with Gasteiger partial charge in [-0.1, -0.05) is 33.6 Å². The first-order valence-electron chi connectivity index (χ1n) is 8.47. The van der Waals surface area contributed by atoms with Gasteiger partial charge in [0.2, 0.25) is 0 Å². The van der Waals surface area contributed by atoms with Crippen LogP contribution in [0.25, 0.3) is 0 Å². The first kappa shape index (κ1) is 16.6. The Labute approximate surface area is 130 Å². The Bertz CT molecular complexity index is 438. The van der Waals surface area contributed by atoms with Gasteiger partial charge in [0.1, 0.15) is 11.5 Å². The van der Waals surface area contributed by atoms with Gasteiger partial charge in [-0.15, -0.1) is 0 Å². The van der Waals surface area contributed by atoms with E-state index in [1.807, 2.05) is 0 Å². The molecule has 2 unspecified atom stereocenters. The predicted octanol–water partition coefficient (Wildman–Crippen LogP) is 4.10. The molecule has 3 nitrogen and oxygen atoms in total. The van der Waals surface area contributed by atoms with Gasteiger partial charge in [0.25, 0.3) is 0 Å². The molecule has 1 aromatic heterocycles. The maximum atomic E-state index is 6.05. The molecule has 1 fully saturated rings. The number of nitrogens with zero attached hydrogens (tertiary/aromatic N) is 1. The third kappa shape index (κ3) is 4.86. The standard InChI is InChI=1S/C18H32N2O/c1-13(2)19-11-18-15(4)10-17(21-18)12-20(5)16-8-6-7-14(3)9-16/h10,13-14,16,19H,6-9,11-12H2,1-5H3. The van der Waals surface area contributed by atoms with Crippen LogP contribution in [0.15, 0.2) is 10.5 Å². The number of furan rings is 1. The van der Waals surface area contributed by atoms with Crippen LogP contribution in [0.3, 0.4) is 0 Å². The molecule has 0 bridgehead atoms. The Morgan fingerprint density at radius 2 is 2.14 bits per heavy atom. The summed E-state index contributed by atoms with van der Waals surface area (Å²) in [6.07, 6.45) is 5.44. The van der Waals surface area contributed by atoms with Gasteiger partial charge in [-0.3, -0.25) is 4.90 Å². The average molecular weight is 292 g/mol. The zero-order chi connectivity index (χ0) is 15.4. The molecule has 1 heterocycles. The van der Waals surface area contributed by atoms with Gasteiger partial charge in [0, 0.05) is 12.1 Å². The summed E-state index contributed by atoms with van der Waals surface area (Å²) in [5.41, 5.74) is 1.27. The minimum atomic E-state index is 0.490. The lowest BCUT2D eigenvalue weighted by Gasteiger charge is -2.33. The Balaban J connectivity index is 1.91. The predicted molar refractivity (Wildman–Crippen MR) is 88.3 cm³/mol. The van der Waals surface area contributed by atoms with Crippen LogP contribution in [0.5, 0.6) is 0 Å². The van der Waals surface area contributed by atoms with Gasteiger partial charge in [-0.25, -0.2) is 0 Å². The second kappa shape index (κ2) is 7.46. The van der Waals surface area contributed by atoms with Crippen molar-refractivity contribution in [2.24, 2.45) is 5.92 Å². The molecule has 2 atom stereocenters. The summed E-state index contributed by atoms with van der Waals surface area (Å²) in [6.45, 7) is 10.6. The van der Waals surface area contributed by atoms with E-state index in [0.29, 0.717) is 6.04 Å². The number of rotatable bonds is 6. The lowest BCUT2D eigenvalue weighted by atomic mass is 9.86. The Hall–Kier alpha value is -0.800. The van der Waals surface area contributed by atoms with E-state index in [2.05, 4.69) is 51.0 Å². The van der Waals surface area contributed by atoms with Gasteiger partial charge in [-0.05, 0) is 44.4 Å². The molecule has 1 N–H and O–H groups in total. The summed E-state index contributed by atoms with van der Waals surface area (Å²) in [5, 5.41) is 3.43. The fourth-order valence-corrected chi connectivity index (χ4v) is 3.32. The zero-order valence-corrected chi connectivity index (χ0v) is 14.4. The van der Waals surface area contributed by atoms with E-state index in [0.717, 1.165) is 36.6 Å². The van der Waals surface area contributed by atoms with Crippen molar-refractivity contribution < 1.29 is 4.42 Å². The zero-order valence-electron chi connectivity index (χ0n) is 14.4. The van der Waals surface area contributed by atoms with Crippen LogP contribution in [0.1, 0.15) is 63.5 Å². The molecular formula is C18H32N2O. The van der Waals surface area contributed by atoms with E-state index >= 15 is 0 Å². The van der Waals surface area contributed by atoms with Crippen molar-refractivity contribution in [2.45, 2.75) is 78.6 Å². The van der Waals surface area contributed by atoms with E-state index in [4.69, 9.17) is 4.42 Å². The van der Waals surface area contributed by atoms with E-state index in [1.54, 1.807) is 0 Å². The lowest BCUT2D eigenvalue weighted by Crippen LogP contribution is -2.34. The highest BCUT2D eigenvalue weighted by Gasteiger charge is 2.23. The fourth-order valence-electron chi connectivity index (χ4n) is 3.32. The van der Waals surface area contributed by atoms with Gasteiger partial charge in [0.15, 0.2) is 0 Å². The summed E-state index contributed by atoms with van der Waals surface area (Å²) in [7, 11) is 2.24. The Morgan fingerprint density at radius 1 is 1.38 bits per heavy atom. The number of hydrogen-bond acceptors (Lipinski definition) is 3. The number of nitrogens with one attached hydrogen (secondary N) is 1. The van der Waals surface area contributed by atoms with Crippen molar-refractivity contribution in [1.29, 1.82) is 0 Å². The normalized spacial score (nSPS) is 23.2. The Kier molecular flexibility index (Phi) is 5.88. The van der Waals surface area contributed by atoms with Crippen LogP contribution in [0.2, 0.25) is 0 Å². The molecule has 1 aliphatic carbocycles. The van der Waals surface area contributed by atoms with Crippen LogP contribution in [-0.4, -0.2) is 24.0 Å². The molecule has 0 spiro atoms. The van der Waals surface area contributed by atoms with E-state index < -0.39 is 0 Å². The molecule has 1 aromatic rings. The average Bonchev–Trinajstić information content (AvgIpc) is 2.76. The lowest BCUT2D eigenvalue weighted by molar-refractivity contribution is 0.148. The maximum Gasteiger partial charge on any atom is 0.120 e. The third-order valence-electron chi connectivity index (χ3n) is 4.68. The molecule has 0 aliphatic heterocycles. The molecule has 0 saturated heterocycles. The highest BCUT2D eigenvalue weighted by Crippen LogP contribution is 2.28. The number of hydrogen-bond donors (Lipinski definition) is 1. The first-order valence-corrected chi connectivity index (χ1v) is 8.47. The van der Waals surface area contributed by atoms with Crippen molar-refractivity contribution in [3.8, 4) is 0 Å². The maximum absolute atomic E-state index is 6.05. The fraction of sp³-hybridized carbons (Fsp3) is 0.778. The van der Waals surface area contributed by atoms with Gasteiger partial charge in [0.05, 0.1) is 13.1 Å². The summed E-state index contributed by atoms with van der Waals surface area (Å²) >= 11 is 0. The van der Waals surface area contributed by atoms with Crippen molar-refractivity contribution in [1.82, 2.24) is 10.2 Å². The van der Waals surface area contributed by atoms with Crippen LogP contribution >= 0.6 is 0 Å². The molecule has 21 heavy (non-hydrogen) atoms. The SMILES string of the molecule is Cc1cc(CN(C)C2CCCC(C)C2)oc1CNC(C)C. The molecule has 0 amide bonds. The van der Waals surface area contributed by atoms with E-state index in [1.165, 1.54) is 31.2 Å². The second-order valence-electron chi connectivity index (χ2n) is 7.20. The summed E-state index contributed by atoms with van der Waals surface area (Å²) in [4.78, 5) is 2.48. The highest BCUT2D eigenvalue weighted by atomic mass is 16.3. The van der Waals surface area contributed by atoms with Crippen molar-refractivity contribution in [2.75, 3.05) is 7.05 Å². The summed E-state index contributed by atoms with van der Waals surface area (Å²) < 4.78 is 6.05. The minimum Gasteiger partial charge on any atom is -0.463 e.